The SMILES string of the molecule is O=CN[C@@H](CC[C@H]1OC(CO)[C@H](O)[C@H](O)C1O)[C@H](O)CO. The number of aliphatic hydroxyl groups excluding tert-OH is 6. The van der Waals surface area contributed by atoms with Crippen molar-refractivity contribution in [3.05, 3.63) is 0 Å². The highest BCUT2D eigenvalue weighted by Crippen LogP contribution is 2.24. The van der Waals surface area contributed by atoms with Gasteiger partial charge in [-0.15, -0.1) is 0 Å². The molecule has 0 aliphatic carbocycles. The van der Waals surface area contributed by atoms with Crippen LogP contribution in [0.1, 0.15) is 12.8 Å². The molecule has 9 heteroatoms. The van der Waals surface area contributed by atoms with Crippen LogP contribution in [0.2, 0.25) is 0 Å². The van der Waals surface area contributed by atoms with Gasteiger partial charge < -0.3 is 40.7 Å². The van der Waals surface area contributed by atoms with Gasteiger partial charge in [-0.3, -0.25) is 4.79 Å². The van der Waals surface area contributed by atoms with Crippen LogP contribution < -0.4 is 5.32 Å². The van der Waals surface area contributed by atoms with Gasteiger partial charge in [0.1, 0.15) is 24.4 Å². The van der Waals surface area contributed by atoms with Gasteiger partial charge in [0, 0.05) is 0 Å². The summed E-state index contributed by atoms with van der Waals surface area (Å²) in [7, 11) is 0. The lowest BCUT2D eigenvalue weighted by Crippen LogP contribution is -2.58. The normalized spacial score (nSPS) is 36.0. The van der Waals surface area contributed by atoms with Gasteiger partial charge in [0.05, 0.1) is 31.5 Å². The third-order valence-corrected chi connectivity index (χ3v) is 3.69. The number of ether oxygens (including phenoxy) is 1. The van der Waals surface area contributed by atoms with Gasteiger partial charge >= 0.3 is 0 Å². The van der Waals surface area contributed by atoms with E-state index in [2.05, 4.69) is 5.32 Å². The predicted octanol–water partition coefficient (Wildman–Crippen LogP) is -3.92. The summed E-state index contributed by atoms with van der Waals surface area (Å²) >= 11 is 0. The van der Waals surface area contributed by atoms with E-state index in [1.165, 1.54) is 0 Å². The van der Waals surface area contributed by atoms with Crippen LogP contribution >= 0.6 is 0 Å². The van der Waals surface area contributed by atoms with E-state index in [1.807, 2.05) is 0 Å². The first kappa shape index (κ1) is 18.2. The third-order valence-electron chi connectivity index (χ3n) is 3.69. The highest BCUT2D eigenvalue weighted by molar-refractivity contribution is 5.46. The van der Waals surface area contributed by atoms with E-state index in [0.717, 1.165) is 0 Å². The Bertz CT molecular complexity index is 316. The Labute approximate surface area is 121 Å². The summed E-state index contributed by atoms with van der Waals surface area (Å²) in [6.07, 6.45) is -6.57. The molecule has 2 unspecified atom stereocenters. The zero-order valence-electron chi connectivity index (χ0n) is 11.4. The van der Waals surface area contributed by atoms with Crippen molar-refractivity contribution >= 4 is 6.41 Å². The van der Waals surface area contributed by atoms with Crippen molar-refractivity contribution in [2.24, 2.45) is 0 Å². The summed E-state index contributed by atoms with van der Waals surface area (Å²) in [6, 6.07) is -0.736. The van der Waals surface area contributed by atoms with E-state index in [-0.39, 0.29) is 12.8 Å². The topological polar surface area (TPSA) is 160 Å². The van der Waals surface area contributed by atoms with Crippen molar-refractivity contribution < 1.29 is 40.2 Å². The number of aliphatic hydroxyl groups is 6. The molecule has 9 nitrogen and oxygen atoms in total. The summed E-state index contributed by atoms with van der Waals surface area (Å²) in [4.78, 5) is 10.5. The van der Waals surface area contributed by atoms with E-state index >= 15 is 0 Å². The summed E-state index contributed by atoms with van der Waals surface area (Å²) in [5.74, 6) is 0. The van der Waals surface area contributed by atoms with Gasteiger partial charge in [-0.1, -0.05) is 0 Å². The fourth-order valence-electron chi connectivity index (χ4n) is 2.36. The van der Waals surface area contributed by atoms with Gasteiger partial charge in [-0.2, -0.15) is 0 Å². The van der Waals surface area contributed by atoms with Crippen LogP contribution in [-0.2, 0) is 9.53 Å². The van der Waals surface area contributed by atoms with Crippen molar-refractivity contribution in [2.75, 3.05) is 13.2 Å². The van der Waals surface area contributed by atoms with Crippen molar-refractivity contribution in [3.8, 4) is 0 Å². The first-order valence-electron chi connectivity index (χ1n) is 6.75. The molecule has 1 aliphatic rings. The zero-order valence-corrected chi connectivity index (χ0v) is 11.4. The van der Waals surface area contributed by atoms with Crippen LogP contribution in [-0.4, -0.2) is 92.9 Å². The molecule has 0 aromatic carbocycles. The molecule has 124 valence electrons. The van der Waals surface area contributed by atoms with Crippen LogP contribution in [0.5, 0.6) is 0 Å². The summed E-state index contributed by atoms with van der Waals surface area (Å²) in [5, 5.41) is 58.9. The molecule has 1 aliphatic heterocycles. The van der Waals surface area contributed by atoms with E-state index in [9.17, 15) is 25.2 Å². The number of carbonyl (C=O) groups is 1. The lowest BCUT2D eigenvalue weighted by atomic mass is 9.91. The molecule has 0 bridgehead atoms. The van der Waals surface area contributed by atoms with Crippen LogP contribution in [0.4, 0.5) is 0 Å². The van der Waals surface area contributed by atoms with Gasteiger partial charge in [0.15, 0.2) is 0 Å². The second-order valence-corrected chi connectivity index (χ2v) is 5.09. The summed E-state index contributed by atoms with van der Waals surface area (Å²) in [6.45, 7) is -1.06. The van der Waals surface area contributed by atoms with Crippen molar-refractivity contribution in [1.82, 2.24) is 5.32 Å². The quantitative estimate of drug-likeness (QED) is 0.224. The highest BCUT2D eigenvalue weighted by atomic mass is 16.5. The summed E-state index contributed by atoms with van der Waals surface area (Å²) in [5.41, 5.74) is 0. The molecule has 7 N–H and O–H groups in total. The number of hydrogen-bond acceptors (Lipinski definition) is 8. The molecular formula is C12H23NO8. The molecule has 1 saturated heterocycles. The molecule has 0 aromatic rings. The second-order valence-electron chi connectivity index (χ2n) is 5.09. The van der Waals surface area contributed by atoms with E-state index in [1.54, 1.807) is 0 Å². The zero-order chi connectivity index (χ0) is 16.0. The minimum Gasteiger partial charge on any atom is -0.394 e. The molecule has 1 amide bonds. The Morgan fingerprint density at radius 3 is 2.24 bits per heavy atom. The number of rotatable bonds is 8. The van der Waals surface area contributed by atoms with Gasteiger partial charge in [-0.25, -0.2) is 0 Å². The number of carbonyl (C=O) groups excluding carboxylic acids is 1. The number of hydrogen-bond donors (Lipinski definition) is 7. The van der Waals surface area contributed by atoms with E-state index in [0.29, 0.717) is 6.41 Å². The minimum absolute atomic E-state index is 0.143. The summed E-state index contributed by atoms with van der Waals surface area (Å²) < 4.78 is 5.30. The molecule has 21 heavy (non-hydrogen) atoms. The third kappa shape index (κ3) is 4.58. The standard InChI is InChI=1S/C12H23NO8/c14-3-7(17)6(13-5-16)1-2-8-10(18)12(20)11(19)9(4-15)21-8/h5-12,14-15,17-20H,1-4H2,(H,13,16)/t6-,7+,8+,9?,10?,11-,12+/m0/s1. The lowest BCUT2D eigenvalue weighted by Gasteiger charge is -2.40. The Kier molecular flexibility index (Phi) is 7.46. The van der Waals surface area contributed by atoms with Gasteiger partial charge in [0.2, 0.25) is 6.41 Å². The van der Waals surface area contributed by atoms with E-state index < -0.39 is 55.9 Å². The smallest absolute Gasteiger partial charge is 0.207 e. The fourth-order valence-corrected chi connectivity index (χ4v) is 2.36. The number of nitrogens with one attached hydrogen (secondary N) is 1. The molecular weight excluding hydrogens is 286 g/mol. The Balaban J connectivity index is 2.61. The van der Waals surface area contributed by atoms with Gasteiger partial charge in [0.25, 0.3) is 0 Å². The van der Waals surface area contributed by atoms with Crippen LogP contribution in [0.15, 0.2) is 0 Å². The fraction of sp³-hybridized carbons (Fsp3) is 0.917. The molecule has 7 atom stereocenters. The van der Waals surface area contributed by atoms with Gasteiger partial charge in [-0.05, 0) is 12.8 Å². The first-order chi connectivity index (χ1) is 9.96. The van der Waals surface area contributed by atoms with Crippen LogP contribution in [0.3, 0.4) is 0 Å². The largest absolute Gasteiger partial charge is 0.394 e. The minimum atomic E-state index is -1.46. The Morgan fingerprint density at radius 1 is 1.10 bits per heavy atom. The van der Waals surface area contributed by atoms with Crippen LogP contribution in [0.25, 0.3) is 0 Å². The average Bonchev–Trinajstić information content (AvgIpc) is 2.50. The monoisotopic (exact) mass is 309 g/mol. The van der Waals surface area contributed by atoms with Crippen molar-refractivity contribution in [2.45, 2.75) is 55.5 Å². The number of amides is 1. The molecule has 1 fully saturated rings. The van der Waals surface area contributed by atoms with Crippen molar-refractivity contribution in [3.63, 3.8) is 0 Å². The molecule has 1 heterocycles. The first-order valence-corrected chi connectivity index (χ1v) is 6.75. The maximum atomic E-state index is 10.5. The molecule has 1 rings (SSSR count). The van der Waals surface area contributed by atoms with E-state index in [4.69, 9.17) is 14.9 Å². The van der Waals surface area contributed by atoms with Crippen LogP contribution in [0, 0.1) is 0 Å². The Morgan fingerprint density at radius 2 is 1.71 bits per heavy atom. The molecule has 0 aromatic heterocycles. The molecule has 0 radical (unpaired) electrons. The second kappa shape index (κ2) is 8.59. The lowest BCUT2D eigenvalue weighted by molar-refractivity contribution is -0.230. The van der Waals surface area contributed by atoms with Crippen molar-refractivity contribution in [1.29, 1.82) is 0 Å². The predicted molar refractivity (Wildman–Crippen MR) is 69.1 cm³/mol. The highest BCUT2D eigenvalue weighted by Gasteiger charge is 2.43. The maximum Gasteiger partial charge on any atom is 0.207 e. The average molecular weight is 309 g/mol. The molecule has 0 spiro atoms. The maximum absolute atomic E-state index is 10.5. The Hall–Kier alpha value is -0.810. The molecule has 0 saturated carbocycles.